The van der Waals surface area contributed by atoms with E-state index < -0.39 is 17.8 Å². The van der Waals surface area contributed by atoms with Gasteiger partial charge in [-0.3, -0.25) is 9.20 Å². The molecule has 0 fully saturated rings. The fourth-order valence-corrected chi connectivity index (χ4v) is 3.90. The topological polar surface area (TPSA) is 106 Å². The number of fused-ring (bicyclic) bond motifs is 1. The Labute approximate surface area is 184 Å². The molecule has 0 spiro atoms. The lowest BCUT2D eigenvalue weighted by Gasteiger charge is -2.14. The second-order valence-electron chi connectivity index (χ2n) is 7.65. The average molecular weight is 433 g/mol. The molecule has 0 aliphatic carbocycles. The van der Waals surface area contributed by atoms with Crippen molar-refractivity contribution in [3.05, 3.63) is 77.1 Å². The Balaban J connectivity index is 1.68. The van der Waals surface area contributed by atoms with Gasteiger partial charge in [0.15, 0.2) is 6.10 Å². The van der Waals surface area contributed by atoms with Gasteiger partial charge in [0.1, 0.15) is 28.7 Å². The number of hydrogen-bond acceptors (Lipinski definition) is 5. The summed E-state index contributed by atoms with van der Waals surface area (Å²) in [6.07, 6.45) is 0.913. The standard InChI is InChI=1S/C24H24FN5O2/c1-4-15-11-18(29-24(32)22(31)16-6-5-7-17(25)10-16)8-9-19(15)20-21-23(26)27-12-13(2)30(21)14(3)28-20/h5-12,22,31H,4H2,1-3H3,(H2,26,27)(H,29,32)/t22-/m1/s1. The molecule has 2 aromatic carbocycles. The van der Waals surface area contributed by atoms with Crippen LogP contribution in [0.15, 0.2) is 48.7 Å². The first-order valence-electron chi connectivity index (χ1n) is 10.3. The van der Waals surface area contributed by atoms with Gasteiger partial charge in [-0.15, -0.1) is 0 Å². The van der Waals surface area contributed by atoms with E-state index in [4.69, 9.17) is 10.7 Å². The molecule has 4 N–H and O–H groups in total. The van der Waals surface area contributed by atoms with Gasteiger partial charge in [-0.1, -0.05) is 25.1 Å². The highest BCUT2D eigenvalue weighted by Crippen LogP contribution is 2.33. The molecule has 0 saturated carbocycles. The number of benzene rings is 2. The number of aryl methyl sites for hydroxylation is 3. The third-order valence-electron chi connectivity index (χ3n) is 5.45. The number of nitrogens with two attached hydrogens (primary N) is 1. The molecular formula is C24H24FN5O2. The Kier molecular flexibility index (Phi) is 5.63. The Morgan fingerprint density at radius 2 is 2.03 bits per heavy atom. The van der Waals surface area contributed by atoms with Crippen LogP contribution in [0.4, 0.5) is 15.9 Å². The molecule has 2 heterocycles. The van der Waals surface area contributed by atoms with Crippen molar-refractivity contribution in [2.45, 2.75) is 33.3 Å². The van der Waals surface area contributed by atoms with Crippen LogP contribution >= 0.6 is 0 Å². The van der Waals surface area contributed by atoms with Gasteiger partial charge < -0.3 is 16.2 Å². The highest BCUT2D eigenvalue weighted by molar-refractivity contribution is 5.95. The van der Waals surface area contributed by atoms with Gasteiger partial charge in [0.05, 0.1) is 0 Å². The summed E-state index contributed by atoms with van der Waals surface area (Å²) in [5.74, 6) is 0.0411. The summed E-state index contributed by atoms with van der Waals surface area (Å²) >= 11 is 0. The number of aliphatic hydroxyl groups is 1. The van der Waals surface area contributed by atoms with Gasteiger partial charge in [0.2, 0.25) is 0 Å². The van der Waals surface area contributed by atoms with Crippen LogP contribution in [0.5, 0.6) is 0 Å². The Morgan fingerprint density at radius 1 is 1.25 bits per heavy atom. The number of amides is 1. The summed E-state index contributed by atoms with van der Waals surface area (Å²) in [6.45, 7) is 5.86. The summed E-state index contributed by atoms with van der Waals surface area (Å²) in [5, 5.41) is 13.0. The largest absolute Gasteiger partial charge is 0.382 e. The number of carbonyl (C=O) groups is 1. The lowest BCUT2D eigenvalue weighted by Crippen LogP contribution is -2.21. The summed E-state index contributed by atoms with van der Waals surface area (Å²) in [6, 6.07) is 10.8. The van der Waals surface area contributed by atoms with Gasteiger partial charge in [-0.05, 0) is 55.7 Å². The molecule has 8 heteroatoms. The van der Waals surface area contributed by atoms with Crippen LogP contribution in [0, 0.1) is 19.7 Å². The molecule has 0 aliphatic rings. The summed E-state index contributed by atoms with van der Waals surface area (Å²) in [5.41, 5.74) is 11.1. The number of nitrogens with zero attached hydrogens (tertiary/aromatic N) is 3. The summed E-state index contributed by atoms with van der Waals surface area (Å²) < 4.78 is 15.4. The quantitative estimate of drug-likeness (QED) is 0.442. The number of imidazole rings is 1. The zero-order valence-electron chi connectivity index (χ0n) is 18.1. The van der Waals surface area contributed by atoms with Crippen molar-refractivity contribution in [2.75, 3.05) is 11.1 Å². The van der Waals surface area contributed by atoms with Crippen molar-refractivity contribution in [2.24, 2.45) is 0 Å². The van der Waals surface area contributed by atoms with Crippen LogP contribution in [0.1, 0.15) is 35.7 Å². The van der Waals surface area contributed by atoms with Crippen LogP contribution in [0.2, 0.25) is 0 Å². The average Bonchev–Trinajstić information content (AvgIpc) is 3.13. The summed E-state index contributed by atoms with van der Waals surface area (Å²) in [4.78, 5) is 21.5. The first kappa shape index (κ1) is 21.5. The van der Waals surface area contributed by atoms with Crippen LogP contribution in [-0.4, -0.2) is 25.4 Å². The van der Waals surface area contributed by atoms with E-state index in [1.807, 2.05) is 37.3 Å². The maximum absolute atomic E-state index is 13.4. The zero-order chi connectivity index (χ0) is 23.0. The van der Waals surface area contributed by atoms with Gasteiger partial charge in [-0.25, -0.2) is 14.4 Å². The minimum atomic E-state index is -1.48. The molecule has 4 rings (SSSR count). The molecule has 2 aromatic heterocycles. The molecular weight excluding hydrogens is 409 g/mol. The molecule has 1 atom stereocenters. The third kappa shape index (κ3) is 3.80. The number of nitrogens with one attached hydrogen (secondary N) is 1. The maximum atomic E-state index is 13.4. The lowest BCUT2D eigenvalue weighted by molar-refractivity contribution is -0.124. The number of aliphatic hydroxyl groups excluding tert-OH is 1. The van der Waals surface area contributed by atoms with Crippen LogP contribution < -0.4 is 11.1 Å². The normalized spacial score (nSPS) is 12.2. The number of carbonyl (C=O) groups excluding carboxylic acids is 1. The lowest BCUT2D eigenvalue weighted by atomic mass is 10.0. The molecule has 7 nitrogen and oxygen atoms in total. The van der Waals surface area contributed by atoms with Crippen molar-refractivity contribution in [1.82, 2.24) is 14.4 Å². The predicted octanol–water partition coefficient (Wildman–Crippen LogP) is 3.97. The number of hydrogen-bond donors (Lipinski definition) is 3. The molecule has 32 heavy (non-hydrogen) atoms. The summed E-state index contributed by atoms with van der Waals surface area (Å²) in [7, 11) is 0. The third-order valence-corrected chi connectivity index (χ3v) is 5.45. The Morgan fingerprint density at radius 3 is 2.75 bits per heavy atom. The van der Waals surface area contributed by atoms with Crippen LogP contribution in [-0.2, 0) is 11.2 Å². The van der Waals surface area contributed by atoms with Gasteiger partial charge in [0, 0.05) is 23.1 Å². The SMILES string of the molecule is CCc1cc(NC(=O)[C@H](O)c2cccc(F)c2)ccc1-c1nc(C)n2c(C)cnc(N)c12. The van der Waals surface area contributed by atoms with E-state index in [2.05, 4.69) is 10.3 Å². The molecule has 0 bridgehead atoms. The maximum Gasteiger partial charge on any atom is 0.257 e. The second-order valence-corrected chi connectivity index (χ2v) is 7.65. The van der Waals surface area contributed by atoms with Crippen LogP contribution in [0.3, 0.4) is 0 Å². The van der Waals surface area contributed by atoms with E-state index >= 15 is 0 Å². The van der Waals surface area contributed by atoms with E-state index in [1.54, 1.807) is 12.3 Å². The first-order valence-corrected chi connectivity index (χ1v) is 10.3. The fourth-order valence-electron chi connectivity index (χ4n) is 3.90. The van der Waals surface area contributed by atoms with Crippen LogP contribution in [0.25, 0.3) is 16.8 Å². The van der Waals surface area contributed by atoms with Crippen molar-refractivity contribution in [3.63, 3.8) is 0 Å². The van der Waals surface area contributed by atoms with Gasteiger partial charge in [0.25, 0.3) is 5.91 Å². The van der Waals surface area contributed by atoms with E-state index in [0.29, 0.717) is 17.9 Å². The first-order chi connectivity index (χ1) is 15.3. The fraction of sp³-hybridized carbons (Fsp3) is 0.208. The van der Waals surface area contributed by atoms with E-state index in [-0.39, 0.29) is 5.56 Å². The smallest absolute Gasteiger partial charge is 0.257 e. The van der Waals surface area contributed by atoms with Crippen molar-refractivity contribution in [1.29, 1.82) is 0 Å². The minimum Gasteiger partial charge on any atom is -0.382 e. The predicted molar refractivity (Wildman–Crippen MR) is 122 cm³/mol. The van der Waals surface area contributed by atoms with E-state index in [1.165, 1.54) is 18.2 Å². The monoisotopic (exact) mass is 433 g/mol. The number of anilines is 2. The molecule has 0 saturated heterocycles. The van der Waals surface area contributed by atoms with Crippen molar-refractivity contribution >= 4 is 22.9 Å². The number of nitrogen functional groups attached to an aromatic ring is 1. The van der Waals surface area contributed by atoms with E-state index in [9.17, 15) is 14.3 Å². The number of halogens is 1. The molecule has 0 aliphatic heterocycles. The highest BCUT2D eigenvalue weighted by Gasteiger charge is 2.20. The number of aromatic nitrogens is 3. The zero-order valence-corrected chi connectivity index (χ0v) is 18.1. The molecule has 4 aromatic rings. The molecule has 164 valence electrons. The highest BCUT2D eigenvalue weighted by atomic mass is 19.1. The number of rotatable bonds is 5. The molecule has 0 radical (unpaired) electrons. The second kappa shape index (κ2) is 8.39. The molecule has 1 amide bonds. The Bertz CT molecular complexity index is 1330. The minimum absolute atomic E-state index is 0.188. The van der Waals surface area contributed by atoms with Crippen molar-refractivity contribution < 1.29 is 14.3 Å². The van der Waals surface area contributed by atoms with Gasteiger partial charge >= 0.3 is 0 Å². The van der Waals surface area contributed by atoms with Crippen molar-refractivity contribution in [3.8, 4) is 11.3 Å². The molecule has 0 unspecified atom stereocenters. The van der Waals surface area contributed by atoms with E-state index in [0.717, 1.165) is 39.9 Å². The van der Waals surface area contributed by atoms with Gasteiger partial charge in [-0.2, -0.15) is 0 Å². The Hall–Kier alpha value is -3.78.